The van der Waals surface area contributed by atoms with Crippen LogP contribution in [-0.2, 0) is 0 Å². The van der Waals surface area contributed by atoms with Gasteiger partial charge in [-0.2, -0.15) is 0 Å². The van der Waals surface area contributed by atoms with Crippen LogP contribution in [0.25, 0.3) is 0 Å². The first-order valence-electron chi connectivity index (χ1n) is 6.39. The molecular formula is C14H22N2O3. The van der Waals surface area contributed by atoms with E-state index in [0.29, 0.717) is 24.4 Å². The number of nitrogens with one attached hydrogen (secondary N) is 2. The molecule has 0 fully saturated rings. The molecule has 1 rings (SSSR count). The molecule has 0 radical (unpaired) electrons. The average molecular weight is 266 g/mol. The highest BCUT2D eigenvalue weighted by Crippen LogP contribution is 2.22. The Hall–Kier alpha value is -1.75. The topological polar surface area (TPSA) is 70.6 Å². The van der Waals surface area contributed by atoms with E-state index in [1.54, 1.807) is 26.2 Å². The van der Waals surface area contributed by atoms with Crippen molar-refractivity contribution in [1.29, 1.82) is 0 Å². The Kier molecular flexibility index (Phi) is 6.15. The van der Waals surface area contributed by atoms with Gasteiger partial charge < -0.3 is 20.5 Å². The van der Waals surface area contributed by atoms with Crippen molar-refractivity contribution in [1.82, 2.24) is 5.32 Å². The van der Waals surface area contributed by atoms with E-state index in [1.807, 2.05) is 19.1 Å². The molecule has 19 heavy (non-hydrogen) atoms. The molecule has 0 aliphatic rings. The Labute approximate surface area is 114 Å². The summed E-state index contributed by atoms with van der Waals surface area (Å²) in [6.45, 7) is 4.24. The van der Waals surface area contributed by atoms with Crippen LogP contribution in [0.1, 0.15) is 20.3 Å². The number of rotatable bonds is 6. The molecule has 3 N–H and O–H groups in total. The van der Waals surface area contributed by atoms with Crippen LogP contribution >= 0.6 is 0 Å². The summed E-state index contributed by atoms with van der Waals surface area (Å²) in [5.74, 6) is 0.845. The molecule has 106 valence electrons. The number of aliphatic hydroxyl groups excluding tert-OH is 1. The first-order chi connectivity index (χ1) is 9.02. The van der Waals surface area contributed by atoms with Gasteiger partial charge in [-0.05, 0) is 31.4 Å². The minimum atomic E-state index is -0.353. The van der Waals surface area contributed by atoms with Crippen LogP contribution in [0.15, 0.2) is 24.3 Å². The van der Waals surface area contributed by atoms with Gasteiger partial charge in [0.05, 0.1) is 18.9 Å². The molecule has 0 unspecified atom stereocenters. The molecule has 0 saturated carbocycles. The maximum absolute atomic E-state index is 11.7. The molecule has 0 aromatic heterocycles. The summed E-state index contributed by atoms with van der Waals surface area (Å²) in [5, 5.41) is 14.8. The molecule has 0 aliphatic heterocycles. The first kappa shape index (κ1) is 15.3. The maximum Gasteiger partial charge on any atom is 0.319 e. The van der Waals surface area contributed by atoms with Crippen molar-refractivity contribution in [2.75, 3.05) is 19.0 Å². The van der Waals surface area contributed by atoms with Crippen LogP contribution in [0.4, 0.5) is 10.5 Å². The van der Waals surface area contributed by atoms with E-state index in [-0.39, 0.29) is 18.1 Å². The number of carbonyl (C=O) groups is 1. The van der Waals surface area contributed by atoms with E-state index in [0.717, 1.165) is 0 Å². The van der Waals surface area contributed by atoms with Gasteiger partial charge in [0.25, 0.3) is 0 Å². The number of urea groups is 1. The summed E-state index contributed by atoms with van der Waals surface area (Å²) >= 11 is 0. The number of carbonyl (C=O) groups excluding carboxylic acids is 1. The second kappa shape index (κ2) is 7.63. The van der Waals surface area contributed by atoms with Gasteiger partial charge in [-0.15, -0.1) is 0 Å². The summed E-state index contributed by atoms with van der Waals surface area (Å²) in [5.41, 5.74) is 0.630. The van der Waals surface area contributed by atoms with Gasteiger partial charge in [-0.25, -0.2) is 4.79 Å². The predicted molar refractivity (Wildman–Crippen MR) is 75.5 cm³/mol. The van der Waals surface area contributed by atoms with Crippen LogP contribution in [0.3, 0.4) is 0 Å². The number of hydrogen-bond acceptors (Lipinski definition) is 3. The minimum absolute atomic E-state index is 0.225. The molecule has 1 aromatic carbocycles. The molecule has 5 nitrogen and oxygen atoms in total. The smallest absolute Gasteiger partial charge is 0.319 e. The van der Waals surface area contributed by atoms with Gasteiger partial charge in [0.15, 0.2) is 0 Å². The molecule has 0 spiro atoms. The summed E-state index contributed by atoms with van der Waals surface area (Å²) in [6.07, 6.45) is 0.309. The Balaban J connectivity index is 2.43. The number of para-hydroxylation sites is 2. The first-order valence-corrected chi connectivity index (χ1v) is 6.39. The van der Waals surface area contributed by atoms with Gasteiger partial charge in [0, 0.05) is 6.54 Å². The van der Waals surface area contributed by atoms with Gasteiger partial charge >= 0.3 is 6.03 Å². The summed E-state index contributed by atoms with van der Waals surface area (Å²) < 4.78 is 5.15. The van der Waals surface area contributed by atoms with Crippen molar-refractivity contribution < 1.29 is 14.6 Å². The fraction of sp³-hybridized carbons (Fsp3) is 0.500. The second-order valence-electron chi connectivity index (χ2n) is 4.73. The number of methoxy groups -OCH3 is 1. The van der Waals surface area contributed by atoms with Crippen molar-refractivity contribution in [3.63, 3.8) is 0 Å². The number of ether oxygens (including phenoxy) is 1. The highest BCUT2D eigenvalue weighted by molar-refractivity contribution is 5.90. The van der Waals surface area contributed by atoms with Crippen LogP contribution in [0, 0.1) is 5.92 Å². The predicted octanol–water partition coefficient (Wildman–Crippen LogP) is 2.22. The standard InChI is InChI=1S/C14H22N2O3/c1-10(8-11(2)17)9-15-14(18)16-12-6-4-5-7-13(12)19-3/h4-7,10-11,17H,8-9H2,1-3H3,(H2,15,16,18)/t10-,11+/m0/s1. The Morgan fingerprint density at radius 3 is 2.68 bits per heavy atom. The molecule has 0 heterocycles. The monoisotopic (exact) mass is 266 g/mol. The Morgan fingerprint density at radius 2 is 2.05 bits per heavy atom. The fourth-order valence-electron chi connectivity index (χ4n) is 1.85. The van der Waals surface area contributed by atoms with E-state index in [4.69, 9.17) is 4.74 Å². The van der Waals surface area contributed by atoms with Crippen molar-refractivity contribution in [3.8, 4) is 5.75 Å². The summed E-state index contributed by atoms with van der Waals surface area (Å²) in [7, 11) is 1.56. The fourth-order valence-corrected chi connectivity index (χ4v) is 1.85. The highest BCUT2D eigenvalue weighted by Gasteiger charge is 2.09. The quantitative estimate of drug-likeness (QED) is 0.739. The third-order valence-electron chi connectivity index (χ3n) is 2.71. The van der Waals surface area contributed by atoms with Crippen molar-refractivity contribution in [3.05, 3.63) is 24.3 Å². The number of benzene rings is 1. The lowest BCUT2D eigenvalue weighted by Gasteiger charge is -2.15. The zero-order valence-corrected chi connectivity index (χ0v) is 11.6. The molecule has 0 bridgehead atoms. The number of anilines is 1. The van der Waals surface area contributed by atoms with E-state index >= 15 is 0 Å². The lowest BCUT2D eigenvalue weighted by Crippen LogP contribution is -2.33. The lowest BCUT2D eigenvalue weighted by atomic mass is 10.1. The van der Waals surface area contributed by atoms with Crippen LogP contribution < -0.4 is 15.4 Å². The highest BCUT2D eigenvalue weighted by atomic mass is 16.5. The van der Waals surface area contributed by atoms with Gasteiger partial charge in [0.1, 0.15) is 5.75 Å². The largest absolute Gasteiger partial charge is 0.495 e. The summed E-state index contributed by atoms with van der Waals surface area (Å²) in [6, 6.07) is 6.95. The lowest BCUT2D eigenvalue weighted by molar-refractivity contribution is 0.163. The van der Waals surface area contributed by atoms with Crippen LogP contribution in [-0.4, -0.2) is 30.9 Å². The van der Waals surface area contributed by atoms with Crippen molar-refractivity contribution >= 4 is 11.7 Å². The molecule has 2 atom stereocenters. The SMILES string of the molecule is COc1ccccc1NC(=O)NC[C@@H](C)C[C@@H](C)O. The molecule has 2 amide bonds. The normalized spacial score (nSPS) is 13.5. The van der Waals surface area contributed by atoms with Crippen LogP contribution in [0.2, 0.25) is 0 Å². The Morgan fingerprint density at radius 1 is 1.37 bits per heavy atom. The minimum Gasteiger partial charge on any atom is -0.495 e. The molecule has 5 heteroatoms. The number of hydrogen-bond donors (Lipinski definition) is 3. The van der Waals surface area contributed by atoms with E-state index in [2.05, 4.69) is 10.6 Å². The van der Waals surface area contributed by atoms with E-state index in [9.17, 15) is 9.90 Å². The molecule has 0 aliphatic carbocycles. The van der Waals surface area contributed by atoms with Gasteiger partial charge in [0.2, 0.25) is 0 Å². The van der Waals surface area contributed by atoms with E-state index < -0.39 is 0 Å². The Bertz CT molecular complexity index is 407. The van der Waals surface area contributed by atoms with Gasteiger partial charge in [-0.3, -0.25) is 0 Å². The summed E-state index contributed by atoms with van der Waals surface area (Å²) in [4.78, 5) is 11.7. The zero-order valence-electron chi connectivity index (χ0n) is 11.6. The molecule has 0 saturated heterocycles. The van der Waals surface area contributed by atoms with Crippen molar-refractivity contribution in [2.45, 2.75) is 26.4 Å². The average Bonchev–Trinajstić information content (AvgIpc) is 2.36. The molecule has 1 aromatic rings. The zero-order chi connectivity index (χ0) is 14.3. The van der Waals surface area contributed by atoms with E-state index in [1.165, 1.54) is 0 Å². The maximum atomic E-state index is 11.7. The second-order valence-corrected chi connectivity index (χ2v) is 4.73. The third-order valence-corrected chi connectivity index (χ3v) is 2.71. The third kappa shape index (κ3) is 5.61. The molecular weight excluding hydrogens is 244 g/mol. The number of amides is 2. The van der Waals surface area contributed by atoms with Gasteiger partial charge in [-0.1, -0.05) is 19.1 Å². The number of aliphatic hydroxyl groups is 1. The van der Waals surface area contributed by atoms with Crippen LogP contribution in [0.5, 0.6) is 5.75 Å². The van der Waals surface area contributed by atoms with Crippen molar-refractivity contribution in [2.24, 2.45) is 5.92 Å².